The minimum atomic E-state index is 0.0740. The summed E-state index contributed by atoms with van der Waals surface area (Å²) in [7, 11) is 1.74. The van der Waals surface area contributed by atoms with E-state index in [0.717, 1.165) is 13.0 Å². The third-order valence-corrected chi connectivity index (χ3v) is 4.14. The van der Waals surface area contributed by atoms with Crippen LogP contribution in [0.3, 0.4) is 0 Å². The highest BCUT2D eigenvalue weighted by Gasteiger charge is 2.26. The van der Waals surface area contributed by atoms with E-state index in [2.05, 4.69) is 55.5 Å². The molecule has 0 heterocycles. The summed E-state index contributed by atoms with van der Waals surface area (Å²) in [6, 6.07) is 21.2. The predicted molar refractivity (Wildman–Crippen MR) is 88.4 cm³/mol. The summed E-state index contributed by atoms with van der Waals surface area (Å²) < 4.78 is 5.20. The Morgan fingerprint density at radius 3 is 1.81 bits per heavy atom. The molecule has 2 atom stereocenters. The molecule has 2 aromatic rings. The van der Waals surface area contributed by atoms with E-state index in [4.69, 9.17) is 10.5 Å². The van der Waals surface area contributed by atoms with E-state index in [0.29, 0.717) is 5.92 Å². The molecule has 0 saturated heterocycles. The first kappa shape index (κ1) is 15.7. The zero-order valence-electron chi connectivity index (χ0n) is 12.9. The lowest BCUT2D eigenvalue weighted by Crippen LogP contribution is -2.36. The highest BCUT2D eigenvalue weighted by atomic mass is 16.5. The fourth-order valence-electron chi connectivity index (χ4n) is 2.78. The SMILES string of the molecule is COCCC(C)C(N)C(c1ccccc1)c1ccccc1. The van der Waals surface area contributed by atoms with Crippen LogP contribution in [-0.2, 0) is 4.74 Å². The summed E-state index contributed by atoms with van der Waals surface area (Å²) in [5.74, 6) is 0.620. The van der Waals surface area contributed by atoms with E-state index in [1.54, 1.807) is 7.11 Å². The van der Waals surface area contributed by atoms with Gasteiger partial charge >= 0.3 is 0 Å². The molecule has 2 aromatic carbocycles. The van der Waals surface area contributed by atoms with Gasteiger partial charge < -0.3 is 10.5 Å². The van der Waals surface area contributed by atoms with Gasteiger partial charge in [0.05, 0.1) is 0 Å². The fourth-order valence-corrected chi connectivity index (χ4v) is 2.78. The number of methoxy groups -OCH3 is 1. The molecule has 0 amide bonds. The maximum Gasteiger partial charge on any atom is 0.0465 e. The first-order valence-corrected chi connectivity index (χ1v) is 7.58. The average Bonchev–Trinajstić information content (AvgIpc) is 2.54. The van der Waals surface area contributed by atoms with Crippen molar-refractivity contribution in [2.45, 2.75) is 25.3 Å². The highest BCUT2D eigenvalue weighted by Crippen LogP contribution is 2.31. The second-order valence-corrected chi connectivity index (χ2v) is 5.64. The first-order valence-electron chi connectivity index (χ1n) is 7.58. The number of rotatable bonds is 7. The third-order valence-electron chi connectivity index (χ3n) is 4.14. The zero-order valence-corrected chi connectivity index (χ0v) is 12.9. The largest absolute Gasteiger partial charge is 0.385 e. The molecule has 0 fully saturated rings. The zero-order chi connectivity index (χ0) is 15.1. The van der Waals surface area contributed by atoms with Gasteiger partial charge in [0.1, 0.15) is 0 Å². The molecule has 112 valence electrons. The minimum absolute atomic E-state index is 0.0740. The lowest BCUT2D eigenvalue weighted by molar-refractivity contribution is 0.172. The minimum Gasteiger partial charge on any atom is -0.385 e. The lowest BCUT2D eigenvalue weighted by Gasteiger charge is -2.29. The number of hydrogen-bond acceptors (Lipinski definition) is 2. The Hall–Kier alpha value is -1.64. The molecule has 2 rings (SSSR count). The second-order valence-electron chi connectivity index (χ2n) is 5.64. The monoisotopic (exact) mass is 283 g/mol. The molecule has 2 nitrogen and oxygen atoms in total. The molecule has 0 aromatic heterocycles. The van der Waals surface area contributed by atoms with Gasteiger partial charge in [0.15, 0.2) is 0 Å². The topological polar surface area (TPSA) is 35.2 Å². The van der Waals surface area contributed by atoms with Crippen molar-refractivity contribution in [3.63, 3.8) is 0 Å². The van der Waals surface area contributed by atoms with Gasteiger partial charge in [-0.3, -0.25) is 0 Å². The Bertz CT molecular complexity index is 472. The smallest absolute Gasteiger partial charge is 0.0465 e. The van der Waals surface area contributed by atoms with Gasteiger partial charge in [-0.1, -0.05) is 67.6 Å². The van der Waals surface area contributed by atoms with Gasteiger partial charge in [0.2, 0.25) is 0 Å². The standard InChI is InChI=1S/C19H25NO/c1-15(13-14-21-2)19(20)18(16-9-5-3-6-10-16)17-11-7-4-8-12-17/h3-12,15,18-19H,13-14,20H2,1-2H3. The van der Waals surface area contributed by atoms with E-state index >= 15 is 0 Å². The van der Waals surface area contributed by atoms with Crippen LogP contribution in [0.1, 0.15) is 30.4 Å². The molecule has 0 radical (unpaired) electrons. The van der Waals surface area contributed by atoms with Gasteiger partial charge in [0, 0.05) is 25.7 Å². The van der Waals surface area contributed by atoms with Gasteiger partial charge in [0.25, 0.3) is 0 Å². The van der Waals surface area contributed by atoms with Crippen LogP contribution in [-0.4, -0.2) is 19.8 Å². The van der Waals surface area contributed by atoms with E-state index in [1.165, 1.54) is 11.1 Å². The molecule has 0 bridgehead atoms. The van der Waals surface area contributed by atoms with Crippen molar-refractivity contribution in [1.82, 2.24) is 0 Å². The van der Waals surface area contributed by atoms with E-state index < -0.39 is 0 Å². The molecular weight excluding hydrogens is 258 g/mol. The molecule has 2 unspecified atom stereocenters. The van der Waals surface area contributed by atoms with Crippen molar-refractivity contribution in [2.75, 3.05) is 13.7 Å². The number of hydrogen-bond donors (Lipinski definition) is 1. The van der Waals surface area contributed by atoms with E-state index in [-0.39, 0.29) is 12.0 Å². The van der Waals surface area contributed by atoms with E-state index in [1.807, 2.05) is 12.1 Å². The maximum absolute atomic E-state index is 6.61. The summed E-state index contributed by atoms with van der Waals surface area (Å²) in [4.78, 5) is 0. The molecule has 0 saturated carbocycles. The fraction of sp³-hybridized carbons (Fsp3) is 0.368. The number of ether oxygens (including phenoxy) is 1. The lowest BCUT2D eigenvalue weighted by atomic mass is 9.79. The Labute approximate surface area is 127 Å². The van der Waals surface area contributed by atoms with Crippen LogP contribution < -0.4 is 5.73 Å². The quantitative estimate of drug-likeness (QED) is 0.838. The van der Waals surface area contributed by atoms with Crippen LogP contribution in [0.15, 0.2) is 60.7 Å². The third kappa shape index (κ3) is 4.16. The molecule has 0 spiro atoms. The highest BCUT2D eigenvalue weighted by molar-refractivity contribution is 5.34. The Morgan fingerprint density at radius 1 is 0.905 bits per heavy atom. The molecule has 21 heavy (non-hydrogen) atoms. The number of benzene rings is 2. The maximum atomic E-state index is 6.61. The Balaban J connectivity index is 2.28. The summed E-state index contributed by atoms with van der Waals surface area (Å²) >= 11 is 0. The Morgan fingerprint density at radius 2 is 1.38 bits per heavy atom. The van der Waals surface area contributed by atoms with Crippen molar-refractivity contribution >= 4 is 0 Å². The van der Waals surface area contributed by atoms with Crippen LogP contribution in [0.4, 0.5) is 0 Å². The van der Waals surface area contributed by atoms with Gasteiger partial charge in [-0.2, -0.15) is 0 Å². The average molecular weight is 283 g/mol. The number of nitrogens with two attached hydrogens (primary N) is 1. The molecule has 2 N–H and O–H groups in total. The van der Waals surface area contributed by atoms with Crippen LogP contribution in [0.2, 0.25) is 0 Å². The summed E-state index contributed by atoms with van der Waals surface area (Å²) in [6.45, 7) is 2.97. The molecule has 0 aliphatic carbocycles. The predicted octanol–water partition coefficient (Wildman–Crippen LogP) is 3.82. The van der Waals surface area contributed by atoms with Crippen molar-refractivity contribution in [3.05, 3.63) is 71.8 Å². The van der Waals surface area contributed by atoms with Crippen LogP contribution >= 0.6 is 0 Å². The van der Waals surface area contributed by atoms with Crippen LogP contribution in [0, 0.1) is 5.92 Å². The molecule has 2 heteroatoms. The van der Waals surface area contributed by atoms with Crippen molar-refractivity contribution in [2.24, 2.45) is 11.7 Å². The molecule has 0 aliphatic rings. The van der Waals surface area contributed by atoms with Crippen molar-refractivity contribution in [1.29, 1.82) is 0 Å². The first-order chi connectivity index (χ1) is 10.2. The normalized spacial score (nSPS) is 14.1. The van der Waals surface area contributed by atoms with Gasteiger partial charge in [-0.25, -0.2) is 0 Å². The Kier molecular flexibility index (Phi) is 5.97. The summed E-state index contributed by atoms with van der Waals surface area (Å²) in [5, 5.41) is 0. The van der Waals surface area contributed by atoms with Crippen molar-refractivity contribution < 1.29 is 4.74 Å². The van der Waals surface area contributed by atoms with Crippen LogP contribution in [0.5, 0.6) is 0 Å². The van der Waals surface area contributed by atoms with E-state index in [9.17, 15) is 0 Å². The van der Waals surface area contributed by atoms with Crippen LogP contribution in [0.25, 0.3) is 0 Å². The molecule has 0 aliphatic heterocycles. The van der Waals surface area contributed by atoms with Gasteiger partial charge in [-0.05, 0) is 23.5 Å². The second kappa shape index (κ2) is 7.96. The summed E-state index contributed by atoms with van der Waals surface area (Å²) in [6.07, 6.45) is 0.980. The summed E-state index contributed by atoms with van der Waals surface area (Å²) in [5.41, 5.74) is 9.17. The van der Waals surface area contributed by atoms with Crippen molar-refractivity contribution in [3.8, 4) is 0 Å². The van der Waals surface area contributed by atoms with Gasteiger partial charge in [-0.15, -0.1) is 0 Å². The molecular formula is C19H25NO.